The van der Waals surface area contributed by atoms with Crippen LogP contribution in [-0.2, 0) is 16.6 Å². The Hall–Kier alpha value is 0.0500. The maximum atomic E-state index is 12.6. The second kappa shape index (κ2) is 7.08. The molecule has 3 unspecified atom stereocenters. The molecule has 1 aliphatic carbocycles. The molecule has 120 valence electrons. The van der Waals surface area contributed by atoms with Gasteiger partial charge in [0.15, 0.2) is 0 Å². The Bertz CT molecular complexity index is 586. The van der Waals surface area contributed by atoms with Gasteiger partial charge in [-0.25, -0.2) is 13.1 Å². The molecule has 1 saturated carbocycles. The van der Waals surface area contributed by atoms with Gasteiger partial charge in [0.1, 0.15) is 4.90 Å². The molecule has 0 aromatic carbocycles. The van der Waals surface area contributed by atoms with E-state index >= 15 is 0 Å². The van der Waals surface area contributed by atoms with Crippen molar-refractivity contribution in [1.29, 1.82) is 0 Å². The summed E-state index contributed by atoms with van der Waals surface area (Å²) in [4.78, 5) is 1.37. The minimum atomic E-state index is -3.44. The van der Waals surface area contributed by atoms with Gasteiger partial charge in [-0.15, -0.1) is 11.3 Å². The van der Waals surface area contributed by atoms with E-state index in [-0.39, 0.29) is 6.04 Å². The molecule has 2 rings (SSSR count). The highest BCUT2D eigenvalue weighted by atomic mass is 79.9. The van der Waals surface area contributed by atoms with Gasteiger partial charge in [0.25, 0.3) is 0 Å². The lowest BCUT2D eigenvalue weighted by molar-refractivity contribution is 0.242. The Labute approximate surface area is 139 Å². The summed E-state index contributed by atoms with van der Waals surface area (Å²) >= 11 is 4.84. The molecular formula is C14H23BrN2O2S2. The zero-order chi connectivity index (χ0) is 15.6. The molecule has 4 nitrogen and oxygen atoms in total. The van der Waals surface area contributed by atoms with Crippen molar-refractivity contribution < 1.29 is 8.42 Å². The highest BCUT2D eigenvalue weighted by molar-refractivity contribution is 9.11. The van der Waals surface area contributed by atoms with Crippen molar-refractivity contribution in [3.63, 3.8) is 0 Å². The first-order chi connectivity index (χ1) is 9.83. The van der Waals surface area contributed by atoms with Crippen molar-refractivity contribution in [3.8, 4) is 0 Å². The lowest BCUT2D eigenvalue weighted by Crippen LogP contribution is -2.39. The molecule has 21 heavy (non-hydrogen) atoms. The molecule has 1 heterocycles. The van der Waals surface area contributed by atoms with Gasteiger partial charge in [-0.3, -0.25) is 0 Å². The van der Waals surface area contributed by atoms with Crippen LogP contribution in [0, 0.1) is 11.8 Å². The summed E-state index contributed by atoms with van der Waals surface area (Å²) in [5.74, 6) is 1.25. The number of halogens is 1. The average molecular weight is 395 g/mol. The van der Waals surface area contributed by atoms with Crippen molar-refractivity contribution in [3.05, 3.63) is 14.7 Å². The van der Waals surface area contributed by atoms with Gasteiger partial charge >= 0.3 is 0 Å². The van der Waals surface area contributed by atoms with Gasteiger partial charge in [-0.2, -0.15) is 0 Å². The molecule has 0 spiro atoms. The molecule has 0 bridgehead atoms. The van der Waals surface area contributed by atoms with Crippen LogP contribution >= 0.6 is 27.3 Å². The highest BCUT2D eigenvalue weighted by Crippen LogP contribution is 2.34. The molecular weight excluding hydrogens is 372 g/mol. The SMILES string of the molecule is CNCc1cc(S(=O)(=O)NC2CCC(C)C(C)C2)c(Br)s1. The summed E-state index contributed by atoms with van der Waals surface area (Å²) in [5.41, 5.74) is 0. The van der Waals surface area contributed by atoms with Crippen molar-refractivity contribution in [2.75, 3.05) is 7.05 Å². The van der Waals surface area contributed by atoms with Crippen LogP contribution in [0.3, 0.4) is 0 Å². The minimum absolute atomic E-state index is 0.0563. The summed E-state index contributed by atoms with van der Waals surface area (Å²) in [6.45, 7) is 5.13. The van der Waals surface area contributed by atoms with Gasteiger partial charge in [0.2, 0.25) is 10.0 Å². The van der Waals surface area contributed by atoms with Gasteiger partial charge in [-0.05, 0) is 60.1 Å². The molecule has 7 heteroatoms. The predicted octanol–water partition coefficient (Wildman–Crippen LogP) is 3.33. The zero-order valence-electron chi connectivity index (χ0n) is 12.6. The van der Waals surface area contributed by atoms with Gasteiger partial charge in [0.05, 0.1) is 3.79 Å². The number of hydrogen-bond acceptors (Lipinski definition) is 4. The lowest BCUT2D eigenvalue weighted by atomic mass is 9.79. The molecule has 0 amide bonds. The van der Waals surface area contributed by atoms with Crippen LogP contribution < -0.4 is 10.0 Å². The Morgan fingerprint density at radius 1 is 1.33 bits per heavy atom. The normalized spacial score (nSPS) is 27.0. The molecule has 2 N–H and O–H groups in total. The van der Waals surface area contributed by atoms with Crippen LogP contribution in [0.1, 0.15) is 38.0 Å². The summed E-state index contributed by atoms with van der Waals surface area (Å²) in [7, 11) is -1.59. The van der Waals surface area contributed by atoms with E-state index in [0.29, 0.717) is 27.1 Å². The monoisotopic (exact) mass is 394 g/mol. The lowest BCUT2D eigenvalue weighted by Gasteiger charge is -2.32. The third-order valence-corrected chi connectivity index (χ3v) is 8.04. The maximum Gasteiger partial charge on any atom is 0.242 e. The molecule has 0 saturated heterocycles. The summed E-state index contributed by atoms with van der Waals surface area (Å²) in [5, 5.41) is 3.04. The topological polar surface area (TPSA) is 58.2 Å². The Morgan fingerprint density at radius 2 is 2.05 bits per heavy atom. The molecule has 1 aromatic heterocycles. The summed E-state index contributed by atoms with van der Waals surface area (Å²) in [6.07, 6.45) is 2.94. The molecule has 1 aliphatic rings. The highest BCUT2D eigenvalue weighted by Gasteiger charge is 2.29. The van der Waals surface area contributed by atoms with E-state index in [4.69, 9.17) is 0 Å². The summed E-state index contributed by atoms with van der Waals surface area (Å²) < 4.78 is 28.7. The van der Waals surface area contributed by atoms with E-state index in [1.807, 2.05) is 7.05 Å². The van der Waals surface area contributed by atoms with Crippen molar-refractivity contribution in [2.45, 2.75) is 50.6 Å². The molecule has 1 fully saturated rings. The molecule has 1 aromatic rings. The van der Waals surface area contributed by atoms with Gasteiger partial charge < -0.3 is 5.32 Å². The Morgan fingerprint density at radius 3 is 2.67 bits per heavy atom. The maximum absolute atomic E-state index is 12.6. The fourth-order valence-corrected chi connectivity index (χ4v) is 6.76. The van der Waals surface area contributed by atoms with Crippen LogP contribution in [0.4, 0.5) is 0 Å². The number of nitrogens with one attached hydrogen (secondary N) is 2. The smallest absolute Gasteiger partial charge is 0.242 e. The second-order valence-electron chi connectivity index (χ2n) is 5.97. The molecule has 0 aliphatic heterocycles. The average Bonchev–Trinajstić information content (AvgIpc) is 2.76. The fourth-order valence-electron chi connectivity index (χ4n) is 2.78. The van der Waals surface area contributed by atoms with E-state index < -0.39 is 10.0 Å². The van der Waals surface area contributed by atoms with Gasteiger partial charge in [0, 0.05) is 17.5 Å². The van der Waals surface area contributed by atoms with Crippen LogP contribution in [0.25, 0.3) is 0 Å². The molecule has 0 radical (unpaired) electrons. The zero-order valence-corrected chi connectivity index (χ0v) is 15.9. The van der Waals surface area contributed by atoms with Crippen molar-refractivity contribution in [2.24, 2.45) is 11.8 Å². The number of hydrogen-bond donors (Lipinski definition) is 2. The Balaban J connectivity index is 2.11. The first-order valence-electron chi connectivity index (χ1n) is 7.28. The van der Waals surface area contributed by atoms with E-state index in [2.05, 4.69) is 39.8 Å². The van der Waals surface area contributed by atoms with E-state index in [0.717, 1.165) is 24.1 Å². The van der Waals surface area contributed by atoms with Crippen molar-refractivity contribution in [1.82, 2.24) is 10.0 Å². The van der Waals surface area contributed by atoms with E-state index in [1.54, 1.807) is 6.07 Å². The standard InChI is InChI=1S/C14H23BrN2O2S2/c1-9-4-5-11(6-10(9)2)17-21(18,19)13-7-12(8-16-3)20-14(13)15/h7,9-11,16-17H,4-6,8H2,1-3H3. The van der Waals surface area contributed by atoms with Crippen molar-refractivity contribution >= 4 is 37.3 Å². The number of rotatable bonds is 5. The number of thiophene rings is 1. The predicted molar refractivity (Wildman–Crippen MR) is 91.1 cm³/mol. The van der Waals surface area contributed by atoms with Crippen LogP contribution in [-0.4, -0.2) is 21.5 Å². The summed E-state index contributed by atoms with van der Waals surface area (Å²) in [6, 6.07) is 1.81. The van der Waals surface area contributed by atoms with Crippen LogP contribution in [0.2, 0.25) is 0 Å². The second-order valence-corrected chi connectivity index (χ2v) is 10.1. The number of sulfonamides is 1. The van der Waals surface area contributed by atoms with Crippen LogP contribution in [0.5, 0.6) is 0 Å². The third-order valence-electron chi connectivity index (χ3n) is 4.27. The first-order valence-corrected chi connectivity index (χ1v) is 10.4. The largest absolute Gasteiger partial charge is 0.315 e. The molecule has 3 atom stereocenters. The Kier molecular flexibility index (Phi) is 5.87. The van der Waals surface area contributed by atoms with Gasteiger partial charge in [-0.1, -0.05) is 13.8 Å². The first kappa shape index (κ1) is 17.4. The fraction of sp³-hybridized carbons (Fsp3) is 0.714. The van der Waals surface area contributed by atoms with E-state index in [1.165, 1.54) is 11.3 Å². The van der Waals surface area contributed by atoms with Crippen LogP contribution in [0.15, 0.2) is 14.7 Å². The van der Waals surface area contributed by atoms with E-state index in [9.17, 15) is 8.42 Å². The quantitative estimate of drug-likeness (QED) is 0.804. The third kappa shape index (κ3) is 4.28. The minimum Gasteiger partial charge on any atom is -0.315 e.